The third kappa shape index (κ3) is 8.24. The molecule has 1 atom stereocenters. The molecule has 0 aliphatic carbocycles. The molecule has 1 fully saturated rings. The van der Waals surface area contributed by atoms with Gasteiger partial charge in [0, 0.05) is 32.4 Å². The molecule has 0 bridgehead atoms. The number of rotatable bonds is 13. The summed E-state index contributed by atoms with van der Waals surface area (Å²) < 4.78 is 4.73. The van der Waals surface area contributed by atoms with Gasteiger partial charge in [-0.15, -0.1) is 0 Å². The predicted octanol–water partition coefficient (Wildman–Crippen LogP) is 4.17. The fraction of sp³-hybridized carbons (Fsp3) is 0.536. The maximum Gasteiger partial charge on any atom is 0.409 e. The van der Waals surface area contributed by atoms with Crippen LogP contribution in [0.5, 0.6) is 0 Å². The Morgan fingerprint density at radius 1 is 1.18 bits per heavy atom. The van der Waals surface area contributed by atoms with Crippen molar-refractivity contribution in [2.24, 2.45) is 0 Å². The molecule has 2 heterocycles. The van der Waals surface area contributed by atoms with Crippen LogP contribution < -0.4 is 5.32 Å². The normalized spacial score (nSPS) is 15.5. The van der Waals surface area contributed by atoms with Crippen molar-refractivity contribution in [3.63, 3.8) is 0 Å². The van der Waals surface area contributed by atoms with E-state index in [-0.39, 0.29) is 30.8 Å². The Hall–Kier alpha value is -3.53. The highest BCUT2D eigenvalue weighted by Gasteiger charge is 2.36. The number of ether oxygens (including phenoxy) is 1. The van der Waals surface area contributed by atoms with Crippen LogP contribution in [-0.4, -0.2) is 69.3 Å². The highest BCUT2D eigenvalue weighted by Crippen LogP contribution is 2.27. The Labute approximate surface area is 223 Å². The minimum atomic E-state index is -1.23. The Balaban J connectivity index is 1.62. The van der Waals surface area contributed by atoms with Crippen LogP contribution in [0.1, 0.15) is 76.6 Å². The predicted molar refractivity (Wildman–Crippen MR) is 144 cm³/mol. The third-order valence-corrected chi connectivity index (χ3v) is 7.07. The fourth-order valence-corrected chi connectivity index (χ4v) is 4.65. The number of nitrogens with one attached hydrogen (secondary N) is 3. The number of aliphatic hydroxyl groups is 1. The molecule has 38 heavy (non-hydrogen) atoms. The molecule has 1 aromatic carbocycles. The van der Waals surface area contributed by atoms with Gasteiger partial charge >= 0.3 is 6.09 Å². The van der Waals surface area contributed by atoms with Gasteiger partial charge in [-0.25, -0.2) is 9.78 Å². The summed E-state index contributed by atoms with van der Waals surface area (Å²) >= 11 is 0. The van der Waals surface area contributed by atoms with Gasteiger partial charge in [-0.3, -0.25) is 15.0 Å². The number of carbonyl (C=O) groups excluding carboxylic acids is 3. The summed E-state index contributed by atoms with van der Waals surface area (Å²) in [4.78, 5) is 45.7. The SMILES string of the molecule is CCC(=O)CCCCC[C@H](NC(=O)C(=N)CC1(O)CCN(C(=O)OC)CC1)c1ncc(-c2ccccc2)[nH]1. The van der Waals surface area contributed by atoms with E-state index < -0.39 is 23.6 Å². The van der Waals surface area contributed by atoms with Gasteiger partial charge in [0.2, 0.25) is 0 Å². The largest absolute Gasteiger partial charge is 0.453 e. The van der Waals surface area contributed by atoms with E-state index in [1.165, 1.54) is 12.0 Å². The topological polar surface area (TPSA) is 148 Å². The molecule has 0 unspecified atom stereocenters. The van der Waals surface area contributed by atoms with Crippen molar-refractivity contribution in [3.05, 3.63) is 42.4 Å². The van der Waals surface area contributed by atoms with E-state index in [9.17, 15) is 19.5 Å². The lowest BCUT2D eigenvalue weighted by molar-refractivity contribution is -0.119. The van der Waals surface area contributed by atoms with E-state index in [4.69, 9.17) is 10.1 Å². The number of carbonyl (C=O) groups is 3. The monoisotopic (exact) mass is 525 g/mol. The molecule has 0 saturated carbocycles. The van der Waals surface area contributed by atoms with Gasteiger partial charge in [-0.05, 0) is 31.2 Å². The number of hydrogen-bond acceptors (Lipinski definition) is 7. The number of likely N-dealkylation sites (tertiary alicyclic amines) is 1. The minimum absolute atomic E-state index is 0.104. The first-order chi connectivity index (χ1) is 18.2. The van der Waals surface area contributed by atoms with Crippen LogP contribution in [0.2, 0.25) is 0 Å². The van der Waals surface area contributed by atoms with Crippen LogP contribution in [-0.2, 0) is 14.3 Å². The van der Waals surface area contributed by atoms with Gasteiger partial charge in [0.15, 0.2) is 0 Å². The molecular weight excluding hydrogens is 486 g/mol. The number of aromatic amines is 1. The van der Waals surface area contributed by atoms with Gasteiger partial charge in [0.05, 0.1) is 36.4 Å². The first-order valence-electron chi connectivity index (χ1n) is 13.3. The molecule has 2 amide bonds. The maximum atomic E-state index is 13.0. The molecule has 1 saturated heterocycles. The molecule has 0 spiro atoms. The summed E-state index contributed by atoms with van der Waals surface area (Å²) in [7, 11) is 1.31. The summed E-state index contributed by atoms with van der Waals surface area (Å²) in [6.07, 6.45) is 5.82. The lowest BCUT2D eigenvalue weighted by atomic mass is 9.86. The quantitative estimate of drug-likeness (QED) is 0.228. The number of piperidine rings is 1. The zero-order chi connectivity index (χ0) is 27.5. The number of methoxy groups -OCH3 is 1. The number of imidazole rings is 1. The van der Waals surface area contributed by atoms with E-state index in [0.29, 0.717) is 38.2 Å². The Kier molecular flexibility index (Phi) is 10.6. The first kappa shape index (κ1) is 29.0. The van der Waals surface area contributed by atoms with E-state index >= 15 is 0 Å². The van der Waals surface area contributed by atoms with E-state index in [0.717, 1.165) is 30.5 Å². The van der Waals surface area contributed by atoms with Gasteiger partial charge in [-0.2, -0.15) is 0 Å². The average molecular weight is 526 g/mol. The average Bonchev–Trinajstić information content (AvgIpc) is 3.42. The number of aromatic nitrogens is 2. The molecule has 10 nitrogen and oxygen atoms in total. The van der Waals surface area contributed by atoms with Crippen molar-refractivity contribution in [2.75, 3.05) is 20.2 Å². The van der Waals surface area contributed by atoms with E-state index in [1.54, 1.807) is 6.20 Å². The molecule has 1 aromatic heterocycles. The number of amides is 2. The van der Waals surface area contributed by atoms with Gasteiger partial charge < -0.3 is 25.0 Å². The Morgan fingerprint density at radius 3 is 2.55 bits per heavy atom. The number of H-pyrrole nitrogens is 1. The molecule has 1 aliphatic heterocycles. The smallest absolute Gasteiger partial charge is 0.409 e. The van der Waals surface area contributed by atoms with Crippen molar-refractivity contribution < 1.29 is 24.2 Å². The molecule has 1 aliphatic rings. The standard InChI is InChI=1S/C28H39N5O5/c1-3-21(34)12-8-5-9-13-23(25-30-19-24(31-25)20-10-6-4-7-11-20)32-26(35)22(29)18-28(37)14-16-33(17-15-28)27(36)38-2/h4,6-7,10-11,19,23,29,37H,3,5,8-9,12-18H2,1-2H3,(H,30,31)(H,32,35)/t23-/m0/s1. The third-order valence-electron chi connectivity index (χ3n) is 7.07. The maximum absolute atomic E-state index is 13.0. The lowest BCUT2D eigenvalue weighted by Gasteiger charge is -2.37. The van der Waals surface area contributed by atoms with Crippen molar-refractivity contribution >= 4 is 23.5 Å². The molecule has 4 N–H and O–H groups in total. The zero-order valence-electron chi connectivity index (χ0n) is 22.3. The number of Topliss-reactive ketones (excluding diaryl/α,β-unsaturated/α-hetero) is 1. The fourth-order valence-electron chi connectivity index (χ4n) is 4.65. The summed E-state index contributed by atoms with van der Waals surface area (Å²) in [5.74, 6) is 0.287. The second-order valence-corrected chi connectivity index (χ2v) is 9.90. The van der Waals surface area contributed by atoms with Crippen LogP contribution in [0.15, 0.2) is 36.5 Å². The number of nitrogens with zero attached hydrogens (tertiary/aromatic N) is 2. The lowest BCUT2D eigenvalue weighted by Crippen LogP contribution is -2.49. The number of ketones is 1. The van der Waals surface area contributed by atoms with Crippen LogP contribution >= 0.6 is 0 Å². The zero-order valence-corrected chi connectivity index (χ0v) is 22.3. The summed E-state index contributed by atoms with van der Waals surface area (Å²) in [6, 6.07) is 9.31. The van der Waals surface area contributed by atoms with Crippen molar-refractivity contribution in [2.45, 2.75) is 76.4 Å². The van der Waals surface area contributed by atoms with Crippen molar-refractivity contribution in [1.82, 2.24) is 20.2 Å². The van der Waals surface area contributed by atoms with E-state index in [1.807, 2.05) is 37.3 Å². The second-order valence-electron chi connectivity index (χ2n) is 9.90. The molecule has 10 heteroatoms. The second kappa shape index (κ2) is 13.9. The Morgan fingerprint density at radius 2 is 1.89 bits per heavy atom. The minimum Gasteiger partial charge on any atom is -0.453 e. The van der Waals surface area contributed by atoms with Crippen LogP contribution in [0.3, 0.4) is 0 Å². The van der Waals surface area contributed by atoms with Gasteiger partial charge in [-0.1, -0.05) is 50.1 Å². The van der Waals surface area contributed by atoms with Crippen LogP contribution in [0, 0.1) is 5.41 Å². The highest BCUT2D eigenvalue weighted by atomic mass is 16.5. The Bertz CT molecular complexity index is 1090. The molecule has 0 radical (unpaired) electrons. The van der Waals surface area contributed by atoms with Crippen molar-refractivity contribution in [1.29, 1.82) is 5.41 Å². The molecule has 3 rings (SSSR count). The van der Waals surface area contributed by atoms with E-state index in [2.05, 4.69) is 15.3 Å². The van der Waals surface area contributed by atoms with Crippen LogP contribution in [0.25, 0.3) is 11.3 Å². The number of benzene rings is 1. The van der Waals surface area contributed by atoms with Crippen molar-refractivity contribution in [3.8, 4) is 11.3 Å². The summed E-state index contributed by atoms with van der Waals surface area (Å²) in [5, 5.41) is 22.3. The van der Waals surface area contributed by atoms with Gasteiger partial charge in [0.1, 0.15) is 11.6 Å². The first-order valence-corrected chi connectivity index (χ1v) is 13.3. The highest BCUT2D eigenvalue weighted by molar-refractivity contribution is 6.37. The number of unbranched alkanes of at least 4 members (excludes halogenated alkanes) is 2. The summed E-state index contributed by atoms with van der Waals surface area (Å²) in [5.41, 5.74) is 0.357. The summed E-state index contributed by atoms with van der Waals surface area (Å²) in [6.45, 7) is 2.47. The van der Waals surface area contributed by atoms with Gasteiger partial charge in [0.25, 0.3) is 5.91 Å². The molecule has 206 valence electrons. The molecule has 2 aromatic rings. The molecular formula is C28H39N5O5. The van der Waals surface area contributed by atoms with Crippen LogP contribution in [0.4, 0.5) is 4.79 Å². The number of hydrogen-bond donors (Lipinski definition) is 4.